The van der Waals surface area contributed by atoms with E-state index in [0.717, 1.165) is 42.4 Å². The second-order valence-electron chi connectivity index (χ2n) is 8.86. The van der Waals surface area contributed by atoms with Crippen molar-refractivity contribution in [1.82, 2.24) is 34.3 Å². The lowest BCUT2D eigenvalue weighted by Crippen LogP contribution is -2.29. The van der Waals surface area contributed by atoms with E-state index in [2.05, 4.69) is 60.9 Å². The number of aromatic nitrogens is 7. The number of nitriles is 2. The molecule has 0 spiro atoms. The third-order valence-corrected chi connectivity index (χ3v) is 6.23. The van der Waals surface area contributed by atoms with E-state index in [1.54, 1.807) is 24.7 Å². The molecule has 0 aliphatic heterocycles. The third kappa shape index (κ3) is 4.06. The summed E-state index contributed by atoms with van der Waals surface area (Å²) in [6.45, 7) is 4.10. The number of pyridine rings is 1. The van der Waals surface area contributed by atoms with Crippen LogP contribution in [0, 0.1) is 22.7 Å². The highest BCUT2D eigenvalue weighted by Crippen LogP contribution is 2.32. The average molecular weight is 453 g/mol. The van der Waals surface area contributed by atoms with Crippen LogP contribution in [0.4, 0.5) is 5.95 Å². The van der Waals surface area contributed by atoms with Gasteiger partial charge in [-0.15, -0.1) is 0 Å². The van der Waals surface area contributed by atoms with Crippen LogP contribution in [0.15, 0.2) is 37.2 Å². The lowest BCUT2D eigenvalue weighted by atomic mass is 9.91. The van der Waals surface area contributed by atoms with Crippen LogP contribution in [0.5, 0.6) is 0 Å². The second kappa shape index (κ2) is 8.91. The molecule has 170 valence electrons. The number of anilines is 1. The van der Waals surface area contributed by atoms with E-state index in [1.807, 2.05) is 17.2 Å². The number of hydrogen-bond donors (Lipinski definition) is 1. The Morgan fingerprint density at radius 2 is 1.97 bits per heavy atom. The molecule has 0 radical (unpaired) electrons. The minimum absolute atomic E-state index is 0.175. The standard InChI is InChI=1S/C24H24N10/c1-15(2)34-13-18(12-30-34)22-17(9-26)11-28-24(32-22)31-19-4-3-5-20(7-19)33-14-29-21-6-16(8-25)10-27-23(21)33/h6,10-15,19-20H,3-5,7H2,1-2H3,(H,28,31,32)/t19-,20+/m1/s1. The normalized spacial score (nSPS) is 18.0. The molecule has 0 amide bonds. The van der Waals surface area contributed by atoms with Gasteiger partial charge in [0.1, 0.15) is 17.7 Å². The van der Waals surface area contributed by atoms with E-state index in [9.17, 15) is 5.26 Å². The topological polar surface area (TPSA) is 134 Å². The summed E-state index contributed by atoms with van der Waals surface area (Å²) in [7, 11) is 0. The van der Waals surface area contributed by atoms with Crippen LogP contribution >= 0.6 is 0 Å². The van der Waals surface area contributed by atoms with Gasteiger partial charge in [-0.3, -0.25) is 4.68 Å². The zero-order chi connectivity index (χ0) is 23.7. The van der Waals surface area contributed by atoms with Crippen molar-refractivity contribution >= 4 is 17.1 Å². The Morgan fingerprint density at radius 3 is 2.74 bits per heavy atom. The van der Waals surface area contributed by atoms with Crippen LogP contribution < -0.4 is 5.32 Å². The number of imidazole rings is 1. The molecule has 0 saturated heterocycles. The van der Waals surface area contributed by atoms with Gasteiger partial charge in [-0.25, -0.2) is 19.9 Å². The van der Waals surface area contributed by atoms with E-state index >= 15 is 0 Å². The molecule has 0 aromatic carbocycles. The Balaban J connectivity index is 1.36. The Kier molecular flexibility index (Phi) is 5.64. The number of fused-ring (bicyclic) bond motifs is 1. The van der Waals surface area contributed by atoms with Crippen LogP contribution in [-0.2, 0) is 0 Å². The van der Waals surface area contributed by atoms with Gasteiger partial charge in [0.25, 0.3) is 0 Å². The second-order valence-corrected chi connectivity index (χ2v) is 8.86. The molecular weight excluding hydrogens is 428 g/mol. The fraction of sp³-hybridized carbons (Fsp3) is 0.375. The summed E-state index contributed by atoms with van der Waals surface area (Å²) in [5.41, 5.74) is 3.83. The van der Waals surface area contributed by atoms with Gasteiger partial charge in [-0.05, 0) is 45.6 Å². The summed E-state index contributed by atoms with van der Waals surface area (Å²) in [5, 5.41) is 26.5. The number of hydrogen-bond acceptors (Lipinski definition) is 8. The zero-order valence-corrected chi connectivity index (χ0v) is 19.0. The molecule has 0 unspecified atom stereocenters. The Labute approximate surface area is 196 Å². The molecule has 4 heterocycles. The maximum absolute atomic E-state index is 9.56. The largest absolute Gasteiger partial charge is 0.351 e. The van der Waals surface area contributed by atoms with Crippen molar-refractivity contribution in [2.24, 2.45) is 0 Å². The molecule has 4 aromatic heterocycles. The van der Waals surface area contributed by atoms with Crippen molar-refractivity contribution in [2.45, 2.75) is 57.7 Å². The molecule has 2 atom stereocenters. The highest BCUT2D eigenvalue weighted by atomic mass is 15.3. The number of rotatable bonds is 5. The smallest absolute Gasteiger partial charge is 0.223 e. The molecule has 10 nitrogen and oxygen atoms in total. The van der Waals surface area contributed by atoms with Crippen molar-refractivity contribution in [3.05, 3.63) is 48.3 Å². The predicted molar refractivity (Wildman–Crippen MR) is 126 cm³/mol. The lowest BCUT2D eigenvalue weighted by Gasteiger charge is -2.30. The maximum Gasteiger partial charge on any atom is 0.223 e. The van der Waals surface area contributed by atoms with Gasteiger partial charge in [0, 0.05) is 36.1 Å². The van der Waals surface area contributed by atoms with Crippen LogP contribution in [0.25, 0.3) is 22.4 Å². The van der Waals surface area contributed by atoms with E-state index < -0.39 is 0 Å². The summed E-state index contributed by atoms with van der Waals surface area (Å²) >= 11 is 0. The molecule has 1 N–H and O–H groups in total. The minimum Gasteiger partial charge on any atom is -0.351 e. The highest BCUT2D eigenvalue weighted by molar-refractivity contribution is 5.72. The van der Waals surface area contributed by atoms with Crippen molar-refractivity contribution in [1.29, 1.82) is 10.5 Å². The van der Waals surface area contributed by atoms with Crippen LogP contribution in [0.2, 0.25) is 0 Å². The molecule has 4 aromatic rings. The van der Waals surface area contributed by atoms with E-state index in [1.165, 1.54) is 0 Å². The first-order chi connectivity index (χ1) is 16.6. The molecule has 1 saturated carbocycles. The fourth-order valence-corrected chi connectivity index (χ4v) is 4.47. The summed E-state index contributed by atoms with van der Waals surface area (Å²) < 4.78 is 3.95. The third-order valence-electron chi connectivity index (χ3n) is 6.23. The first kappa shape index (κ1) is 21.5. The van der Waals surface area contributed by atoms with Gasteiger partial charge in [0.15, 0.2) is 5.65 Å². The van der Waals surface area contributed by atoms with Crippen molar-refractivity contribution in [2.75, 3.05) is 5.32 Å². The van der Waals surface area contributed by atoms with Gasteiger partial charge in [0.05, 0.1) is 35.5 Å². The quantitative estimate of drug-likeness (QED) is 0.480. The van der Waals surface area contributed by atoms with E-state index in [-0.39, 0.29) is 18.1 Å². The van der Waals surface area contributed by atoms with Gasteiger partial charge < -0.3 is 9.88 Å². The SMILES string of the molecule is CC(C)n1cc(-c2nc(N[C@@H]3CCC[C@H](n4cnc5cc(C#N)cnc54)C3)ncc2C#N)cn1. The summed E-state index contributed by atoms with van der Waals surface area (Å²) in [6.07, 6.45) is 12.6. The molecule has 5 rings (SSSR count). The average Bonchev–Trinajstić information content (AvgIpc) is 3.51. The number of nitrogens with zero attached hydrogens (tertiary/aromatic N) is 9. The summed E-state index contributed by atoms with van der Waals surface area (Å²) in [4.78, 5) is 18.0. The van der Waals surface area contributed by atoms with E-state index in [0.29, 0.717) is 22.8 Å². The molecule has 34 heavy (non-hydrogen) atoms. The van der Waals surface area contributed by atoms with Gasteiger partial charge in [0.2, 0.25) is 5.95 Å². The Morgan fingerprint density at radius 1 is 1.09 bits per heavy atom. The van der Waals surface area contributed by atoms with Gasteiger partial charge >= 0.3 is 0 Å². The van der Waals surface area contributed by atoms with Crippen LogP contribution in [0.3, 0.4) is 0 Å². The first-order valence-electron chi connectivity index (χ1n) is 11.4. The van der Waals surface area contributed by atoms with Gasteiger partial charge in [-0.2, -0.15) is 15.6 Å². The van der Waals surface area contributed by atoms with Crippen molar-refractivity contribution < 1.29 is 0 Å². The number of nitrogens with one attached hydrogen (secondary N) is 1. The van der Waals surface area contributed by atoms with Crippen molar-refractivity contribution in [3.63, 3.8) is 0 Å². The molecule has 10 heteroatoms. The molecule has 1 fully saturated rings. The lowest BCUT2D eigenvalue weighted by molar-refractivity contribution is 0.335. The summed E-state index contributed by atoms with van der Waals surface area (Å²) in [6, 6.07) is 6.70. The first-order valence-corrected chi connectivity index (χ1v) is 11.4. The molecule has 1 aliphatic rings. The monoisotopic (exact) mass is 452 g/mol. The van der Waals surface area contributed by atoms with Crippen LogP contribution in [-0.4, -0.2) is 40.3 Å². The summed E-state index contributed by atoms with van der Waals surface area (Å²) in [5.74, 6) is 0.504. The van der Waals surface area contributed by atoms with E-state index in [4.69, 9.17) is 5.26 Å². The molecule has 0 bridgehead atoms. The predicted octanol–water partition coefficient (Wildman–Crippen LogP) is 4.00. The molecule has 1 aliphatic carbocycles. The Bertz CT molecular complexity index is 1420. The molecular formula is C24H24N10. The zero-order valence-electron chi connectivity index (χ0n) is 19.0. The van der Waals surface area contributed by atoms with Crippen LogP contribution in [0.1, 0.15) is 62.7 Å². The van der Waals surface area contributed by atoms with Gasteiger partial charge in [-0.1, -0.05) is 0 Å². The minimum atomic E-state index is 0.175. The fourth-order valence-electron chi connectivity index (χ4n) is 4.47. The maximum atomic E-state index is 9.56. The highest BCUT2D eigenvalue weighted by Gasteiger charge is 2.26. The van der Waals surface area contributed by atoms with Crippen molar-refractivity contribution in [3.8, 4) is 23.4 Å². The Hall–Kier alpha value is -4.31.